The third kappa shape index (κ3) is 3.78. The molecular formula is C21H23F3N4O2S. The van der Waals surface area contributed by atoms with E-state index in [2.05, 4.69) is 15.8 Å². The molecule has 1 unspecified atom stereocenters. The van der Waals surface area contributed by atoms with Gasteiger partial charge in [-0.3, -0.25) is 4.31 Å². The Bertz CT molecular complexity index is 1120. The fourth-order valence-electron chi connectivity index (χ4n) is 3.39. The Morgan fingerprint density at radius 3 is 2.55 bits per heavy atom. The molecular weight excluding hydrogens is 429 g/mol. The molecule has 1 aromatic rings. The second kappa shape index (κ2) is 7.52. The quantitative estimate of drug-likeness (QED) is 0.428. The summed E-state index contributed by atoms with van der Waals surface area (Å²) >= 11 is 0. The van der Waals surface area contributed by atoms with Gasteiger partial charge in [-0.1, -0.05) is 16.5 Å². The van der Waals surface area contributed by atoms with Crippen LogP contribution in [-0.4, -0.2) is 57.0 Å². The molecule has 3 aliphatic rings. The maximum absolute atomic E-state index is 13.4. The molecule has 1 aliphatic carbocycles. The van der Waals surface area contributed by atoms with Crippen molar-refractivity contribution in [1.82, 2.24) is 19.0 Å². The largest absolute Gasteiger partial charge is 0.476 e. The van der Waals surface area contributed by atoms with Gasteiger partial charge in [0.05, 0.1) is 5.69 Å². The average Bonchev–Trinajstić information content (AvgIpc) is 3.37. The predicted molar refractivity (Wildman–Crippen MR) is 114 cm³/mol. The standard InChI is InChI=1S/C21H23F3N4O2S/c1-13-9-16(15-5-8-25-18(15)28(13)29)17-10-14(31(4)27(2)3)11-26-19(17)30-12-20(6-7-20)21(22,23)24/h5,8-11,29H,4,6-7,12H2,1-3H3. The number of aromatic nitrogens is 3. The summed E-state index contributed by atoms with van der Waals surface area (Å²) in [6.07, 6.45) is -1.05. The minimum absolute atomic E-state index is 0.0544. The van der Waals surface area contributed by atoms with Crippen molar-refractivity contribution >= 4 is 16.5 Å². The van der Waals surface area contributed by atoms with E-state index in [4.69, 9.17) is 4.74 Å². The summed E-state index contributed by atoms with van der Waals surface area (Å²) in [7, 11) is 3.26. The Morgan fingerprint density at radius 1 is 1.23 bits per heavy atom. The Kier molecular flexibility index (Phi) is 5.25. The zero-order chi connectivity index (χ0) is 22.6. The highest BCUT2D eigenvalue weighted by Crippen LogP contribution is 2.57. The molecule has 0 spiro atoms. The van der Waals surface area contributed by atoms with Crippen LogP contribution in [0.3, 0.4) is 0 Å². The van der Waals surface area contributed by atoms with Gasteiger partial charge in [0.25, 0.3) is 0 Å². The first-order valence-electron chi connectivity index (χ1n) is 9.62. The maximum Gasteiger partial charge on any atom is 0.397 e. The van der Waals surface area contributed by atoms with Gasteiger partial charge in [-0.05, 0) is 52.1 Å². The molecule has 1 saturated carbocycles. The van der Waals surface area contributed by atoms with Gasteiger partial charge in [0.2, 0.25) is 5.88 Å². The van der Waals surface area contributed by atoms with Crippen molar-refractivity contribution in [3.8, 4) is 28.4 Å². The third-order valence-corrected chi connectivity index (χ3v) is 7.28. The fourth-order valence-corrected chi connectivity index (χ4v) is 4.24. The molecule has 166 valence electrons. The van der Waals surface area contributed by atoms with E-state index < -0.39 is 28.9 Å². The van der Waals surface area contributed by atoms with Crippen LogP contribution in [0.5, 0.6) is 5.88 Å². The van der Waals surface area contributed by atoms with E-state index in [1.807, 2.05) is 24.5 Å². The zero-order valence-corrected chi connectivity index (χ0v) is 18.2. The molecule has 4 rings (SSSR count). The van der Waals surface area contributed by atoms with Crippen LogP contribution < -0.4 is 4.74 Å². The Hall–Kier alpha value is -2.59. The molecule has 0 amide bonds. The van der Waals surface area contributed by atoms with Crippen LogP contribution in [-0.2, 0) is 0 Å². The van der Waals surface area contributed by atoms with Crippen molar-refractivity contribution in [2.75, 3.05) is 20.7 Å². The lowest BCUT2D eigenvalue weighted by Crippen LogP contribution is -2.30. The van der Waals surface area contributed by atoms with Gasteiger partial charge in [-0.25, -0.2) is 9.97 Å². The van der Waals surface area contributed by atoms with Crippen molar-refractivity contribution in [2.24, 2.45) is 5.41 Å². The summed E-state index contributed by atoms with van der Waals surface area (Å²) < 4.78 is 48.8. The summed E-state index contributed by atoms with van der Waals surface area (Å²) in [4.78, 5) is 9.38. The third-order valence-electron chi connectivity index (χ3n) is 5.63. The predicted octanol–water partition coefficient (Wildman–Crippen LogP) is 4.85. The van der Waals surface area contributed by atoms with E-state index >= 15 is 0 Å². The number of fused-ring (bicyclic) bond motifs is 1. The van der Waals surface area contributed by atoms with E-state index in [0.717, 1.165) is 9.63 Å². The minimum atomic E-state index is -4.31. The molecule has 1 atom stereocenters. The first kappa shape index (κ1) is 21.6. The van der Waals surface area contributed by atoms with Crippen LogP contribution in [0, 0.1) is 12.3 Å². The molecule has 3 heterocycles. The maximum atomic E-state index is 13.4. The Morgan fingerprint density at radius 2 is 1.94 bits per heavy atom. The number of pyridine rings is 2. The number of alkyl halides is 3. The monoisotopic (exact) mass is 452 g/mol. The molecule has 0 saturated heterocycles. The van der Waals surface area contributed by atoms with Gasteiger partial charge in [0.1, 0.15) is 12.0 Å². The van der Waals surface area contributed by atoms with Crippen molar-refractivity contribution in [2.45, 2.75) is 30.8 Å². The summed E-state index contributed by atoms with van der Waals surface area (Å²) in [6, 6.07) is 5.32. The van der Waals surface area contributed by atoms with Crippen LogP contribution in [0.25, 0.3) is 22.5 Å². The summed E-state index contributed by atoms with van der Waals surface area (Å²) in [6.45, 7) is 1.23. The fraction of sp³-hybridized carbons (Fsp3) is 0.381. The summed E-state index contributed by atoms with van der Waals surface area (Å²) in [5, 5.41) is 10.3. The molecule has 2 aliphatic heterocycles. The normalized spacial score (nSPS) is 16.6. The van der Waals surface area contributed by atoms with Gasteiger partial charge in [-0.2, -0.15) is 17.9 Å². The molecule has 10 heteroatoms. The van der Waals surface area contributed by atoms with Crippen molar-refractivity contribution in [1.29, 1.82) is 0 Å². The number of hydrogen-bond donors (Lipinski definition) is 1. The second-order valence-corrected chi connectivity index (χ2v) is 9.89. The van der Waals surface area contributed by atoms with Gasteiger partial charge >= 0.3 is 6.18 Å². The van der Waals surface area contributed by atoms with E-state index in [1.165, 1.54) is 0 Å². The molecule has 0 radical (unpaired) electrons. The number of rotatable bonds is 6. The van der Waals surface area contributed by atoms with Gasteiger partial charge in [0.15, 0.2) is 5.82 Å². The number of aryl methyl sites for hydroxylation is 1. The van der Waals surface area contributed by atoms with Crippen LogP contribution in [0.15, 0.2) is 35.5 Å². The van der Waals surface area contributed by atoms with E-state index in [0.29, 0.717) is 28.2 Å². The molecule has 0 bridgehead atoms. The highest BCUT2D eigenvalue weighted by molar-refractivity contribution is 8.12. The Labute approximate surface area is 180 Å². The van der Waals surface area contributed by atoms with Crippen molar-refractivity contribution in [3.63, 3.8) is 0 Å². The lowest BCUT2D eigenvalue weighted by atomic mass is 10.0. The van der Waals surface area contributed by atoms with Gasteiger partial charge < -0.3 is 9.94 Å². The molecule has 1 fully saturated rings. The minimum Gasteiger partial charge on any atom is -0.476 e. The smallest absolute Gasteiger partial charge is 0.397 e. The number of ether oxygens (including phenoxy) is 1. The second-order valence-electron chi connectivity index (χ2n) is 7.96. The van der Waals surface area contributed by atoms with Crippen LogP contribution in [0.1, 0.15) is 18.5 Å². The Balaban J connectivity index is 1.81. The molecule has 6 nitrogen and oxygen atoms in total. The first-order chi connectivity index (χ1) is 14.5. The van der Waals surface area contributed by atoms with E-state index in [-0.39, 0.29) is 18.7 Å². The topological polar surface area (TPSA) is 63.4 Å². The number of hydrogen-bond acceptors (Lipinski definition) is 5. The van der Waals surface area contributed by atoms with Crippen molar-refractivity contribution < 1.29 is 23.1 Å². The molecule has 31 heavy (non-hydrogen) atoms. The number of nitrogens with zero attached hydrogens (tertiary/aromatic N) is 4. The highest BCUT2D eigenvalue weighted by Gasteiger charge is 2.64. The van der Waals surface area contributed by atoms with Crippen LogP contribution >= 0.6 is 10.7 Å². The van der Waals surface area contributed by atoms with Crippen molar-refractivity contribution in [3.05, 3.63) is 36.3 Å². The zero-order valence-electron chi connectivity index (χ0n) is 17.4. The van der Waals surface area contributed by atoms with Crippen LogP contribution in [0.4, 0.5) is 13.2 Å². The summed E-state index contributed by atoms with van der Waals surface area (Å²) in [5.74, 6) is 4.62. The lowest BCUT2D eigenvalue weighted by molar-refractivity contribution is -0.194. The van der Waals surface area contributed by atoms with E-state index in [9.17, 15) is 18.4 Å². The van der Waals surface area contributed by atoms with Gasteiger partial charge in [-0.15, -0.1) is 0 Å². The first-order valence-corrected chi connectivity index (χ1v) is 11.0. The van der Waals surface area contributed by atoms with Crippen LogP contribution in [0.2, 0.25) is 0 Å². The highest BCUT2D eigenvalue weighted by atomic mass is 32.2. The molecule has 1 N–H and O–H groups in total. The molecule has 1 aromatic heterocycles. The van der Waals surface area contributed by atoms with E-state index in [1.54, 1.807) is 31.5 Å². The molecule has 0 aromatic carbocycles. The SMILES string of the molecule is C=S(c1cnc(OCC2(C(F)(F)F)CC2)c(-c2cc(C)n(O)c3nccc2-3)c1)N(C)C. The average molecular weight is 453 g/mol. The summed E-state index contributed by atoms with van der Waals surface area (Å²) in [5.41, 5.74) is 0.575. The number of halogens is 3. The lowest BCUT2D eigenvalue weighted by Gasteiger charge is -2.22. The van der Waals surface area contributed by atoms with Gasteiger partial charge in [0, 0.05) is 34.0 Å².